The number of nitrogens with zero attached hydrogens (tertiary/aromatic N) is 4. The summed E-state index contributed by atoms with van der Waals surface area (Å²) in [4.78, 5) is 8.99. The highest BCUT2D eigenvalue weighted by atomic mass is 35.5. The summed E-state index contributed by atoms with van der Waals surface area (Å²) in [5.41, 5.74) is 10.9. The van der Waals surface area contributed by atoms with Gasteiger partial charge in [0.2, 0.25) is 0 Å². The van der Waals surface area contributed by atoms with Crippen LogP contribution in [0.4, 0.5) is 5.82 Å². The van der Waals surface area contributed by atoms with Gasteiger partial charge in [0.05, 0.1) is 46.0 Å². The monoisotopic (exact) mass is 360 g/mol. The number of nitrogen functional groups attached to an aromatic ring is 1. The molecule has 0 aliphatic heterocycles. The molecule has 2 aromatic carbocycles. The molecule has 0 bridgehead atoms. The van der Waals surface area contributed by atoms with E-state index in [4.69, 9.17) is 17.3 Å². The molecule has 0 fully saturated rings. The first-order chi connectivity index (χ1) is 12.6. The lowest BCUT2D eigenvalue weighted by Gasteiger charge is -2.12. The van der Waals surface area contributed by atoms with Gasteiger partial charge in [-0.3, -0.25) is 10.1 Å². The van der Waals surface area contributed by atoms with Gasteiger partial charge in [-0.05, 0) is 30.7 Å². The molecule has 0 aliphatic rings. The van der Waals surface area contributed by atoms with Crippen molar-refractivity contribution in [3.63, 3.8) is 0 Å². The number of fused-ring (bicyclic) bond motifs is 1. The highest BCUT2D eigenvalue weighted by Gasteiger charge is 2.17. The maximum Gasteiger partial charge on any atom is 0.142 e. The van der Waals surface area contributed by atoms with E-state index in [0.717, 1.165) is 27.6 Å². The Hall–Kier alpha value is -3.43. The van der Waals surface area contributed by atoms with Crippen LogP contribution in [-0.4, -0.2) is 20.2 Å². The summed E-state index contributed by atoms with van der Waals surface area (Å²) < 4.78 is 0. The molecule has 6 nitrogen and oxygen atoms in total. The van der Waals surface area contributed by atoms with E-state index in [1.807, 2.05) is 31.2 Å². The highest BCUT2D eigenvalue weighted by Crippen LogP contribution is 2.35. The predicted molar refractivity (Wildman–Crippen MR) is 101 cm³/mol. The molecular formula is C19H13ClN6. The molecule has 3 N–H and O–H groups in total. The molecule has 26 heavy (non-hydrogen) atoms. The SMILES string of the molecule is Cc1c(C#N)cccc1-c1nc(N)cnc1-c1cc(Cl)c2[nH]ncc2c1. The summed E-state index contributed by atoms with van der Waals surface area (Å²) in [6.45, 7) is 1.88. The zero-order valence-corrected chi connectivity index (χ0v) is 14.5. The van der Waals surface area contributed by atoms with E-state index < -0.39 is 0 Å². The van der Waals surface area contributed by atoms with E-state index in [1.54, 1.807) is 12.3 Å². The smallest absolute Gasteiger partial charge is 0.142 e. The van der Waals surface area contributed by atoms with Gasteiger partial charge in [0.15, 0.2) is 0 Å². The number of aromatic nitrogens is 4. The van der Waals surface area contributed by atoms with Crippen molar-refractivity contribution in [2.75, 3.05) is 5.73 Å². The van der Waals surface area contributed by atoms with Crippen molar-refractivity contribution in [3.8, 4) is 28.6 Å². The minimum absolute atomic E-state index is 0.306. The van der Waals surface area contributed by atoms with Gasteiger partial charge in [0, 0.05) is 16.5 Å². The third-order valence-electron chi connectivity index (χ3n) is 4.27. The molecule has 0 saturated heterocycles. The molecule has 0 amide bonds. The van der Waals surface area contributed by atoms with Gasteiger partial charge in [-0.15, -0.1) is 0 Å². The Kier molecular flexibility index (Phi) is 3.79. The van der Waals surface area contributed by atoms with Crippen molar-refractivity contribution in [3.05, 3.63) is 58.9 Å². The zero-order chi connectivity index (χ0) is 18.3. The van der Waals surface area contributed by atoms with E-state index in [2.05, 4.69) is 26.2 Å². The number of nitrogens with one attached hydrogen (secondary N) is 1. The number of anilines is 1. The van der Waals surface area contributed by atoms with E-state index in [0.29, 0.717) is 27.8 Å². The molecule has 2 aromatic heterocycles. The van der Waals surface area contributed by atoms with Crippen LogP contribution >= 0.6 is 11.6 Å². The van der Waals surface area contributed by atoms with Crippen LogP contribution in [0.5, 0.6) is 0 Å². The Bertz CT molecular complexity index is 1190. The average molecular weight is 361 g/mol. The standard InChI is InChI=1S/C19H13ClN6/c1-10-11(7-21)3-2-4-14(10)19-18(23-9-16(22)25-19)12-5-13-8-24-26-17(13)15(20)6-12/h2-6,8-9H,1H3,(H2,22,25)(H,24,26). The Morgan fingerprint density at radius 3 is 2.85 bits per heavy atom. The van der Waals surface area contributed by atoms with Crippen LogP contribution in [0.1, 0.15) is 11.1 Å². The second kappa shape index (κ2) is 6.14. The van der Waals surface area contributed by atoms with E-state index in [1.165, 1.54) is 6.20 Å². The summed E-state index contributed by atoms with van der Waals surface area (Å²) in [6, 6.07) is 11.4. The number of hydrogen-bond donors (Lipinski definition) is 2. The summed E-state index contributed by atoms with van der Waals surface area (Å²) in [6.07, 6.45) is 3.21. The molecule has 0 saturated carbocycles. The molecule has 0 unspecified atom stereocenters. The molecule has 2 heterocycles. The quantitative estimate of drug-likeness (QED) is 0.560. The number of aromatic amines is 1. The molecule has 4 aromatic rings. The van der Waals surface area contributed by atoms with Crippen molar-refractivity contribution in [2.24, 2.45) is 0 Å². The third kappa shape index (κ3) is 2.55. The number of nitrogens with two attached hydrogens (primary N) is 1. The van der Waals surface area contributed by atoms with Gasteiger partial charge < -0.3 is 5.73 Å². The van der Waals surface area contributed by atoms with Gasteiger partial charge in [-0.25, -0.2) is 4.98 Å². The fraction of sp³-hybridized carbons (Fsp3) is 0.0526. The lowest BCUT2D eigenvalue weighted by molar-refractivity contribution is 1.12. The molecule has 0 radical (unpaired) electrons. The minimum Gasteiger partial charge on any atom is -0.382 e. The summed E-state index contributed by atoms with van der Waals surface area (Å²) in [7, 11) is 0. The minimum atomic E-state index is 0.306. The van der Waals surface area contributed by atoms with E-state index >= 15 is 0 Å². The van der Waals surface area contributed by atoms with Gasteiger partial charge in [0.25, 0.3) is 0 Å². The Morgan fingerprint density at radius 1 is 1.19 bits per heavy atom. The largest absolute Gasteiger partial charge is 0.382 e. The van der Waals surface area contributed by atoms with Crippen LogP contribution in [-0.2, 0) is 0 Å². The van der Waals surface area contributed by atoms with Crippen molar-refractivity contribution >= 4 is 28.3 Å². The van der Waals surface area contributed by atoms with Crippen molar-refractivity contribution in [1.82, 2.24) is 20.2 Å². The molecule has 0 aliphatic carbocycles. The average Bonchev–Trinajstić information content (AvgIpc) is 3.11. The van der Waals surface area contributed by atoms with E-state index in [9.17, 15) is 5.26 Å². The zero-order valence-electron chi connectivity index (χ0n) is 13.8. The Morgan fingerprint density at radius 2 is 2.04 bits per heavy atom. The maximum absolute atomic E-state index is 9.32. The molecule has 7 heteroatoms. The fourth-order valence-corrected chi connectivity index (χ4v) is 3.23. The lowest BCUT2D eigenvalue weighted by atomic mass is 9.97. The first-order valence-corrected chi connectivity index (χ1v) is 8.22. The number of hydrogen-bond acceptors (Lipinski definition) is 5. The molecule has 126 valence electrons. The van der Waals surface area contributed by atoms with Gasteiger partial charge in [0.1, 0.15) is 5.82 Å². The number of benzene rings is 2. The second-order valence-electron chi connectivity index (χ2n) is 5.87. The van der Waals surface area contributed by atoms with Crippen LogP contribution in [0.15, 0.2) is 42.7 Å². The molecule has 4 rings (SSSR count). The molecule has 0 spiro atoms. The Balaban J connectivity index is 2.00. The van der Waals surface area contributed by atoms with Gasteiger partial charge in [-0.1, -0.05) is 23.7 Å². The number of nitriles is 1. The number of halogens is 1. The third-order valence-corrected chi connectivity index (χ3v) is 4.57. The molecule has 0 atom stereocenters. The summed E-state index contributed by atoms with van der Waals surface area (Å²) >= 11 is 6.37. The van der Waals surface area contributed by atoms with Gasteiger partial charge in [-0.2, -0.15) is 10.4 Å². The van der Waals surface area contributed by atoms with Crippen LogP contribution < -0.4 is 5.73 Å². The fourth-order valence-electron chi connectivity index (χ4n) is 2.97. The van der Waals surface area contributed by atoms with Crippen LogP contribution in [0.3, 0.4) is 0 Å². The van der Waals surface area contributed by atoms with Crippen molar-refractivity contribution < 1.29 is 0 Å². The van der Waals surface area contributed by atoms with E-state index in [-0.39, 0.29) is 0 Å². The normalized spacial score (nSPS) is 10.8. The van der Waals surface area contributed by atoms with Crippen LogP contribution in [0, 0.1) is 18.3 Å². The summed E-state index contributed by atoms with van der Waals surface area (Å²) in [5.74, 6) is 0.306. The Labute approximate surface area is 154 Å². The first-order valence-electron chi connectivity index (χ1n) is 7.84. The summed E-state index contributed by atoms with van der Waals surface area (Å²) in [5, 5.41) is 17.6. The number of H-pyrrole nitrogens is 1. The topological polar surface area (TPSA) is 104 Å². The van der Waals surface area contributed by atoms with Gasteiger partial charge >= 0.3 is 0 Å². The highest BCUT2D eigenvalue weighted by molar-refractivity contribution is 6.35. The van der Waals surface area contributed by atoms with Crippen molar-refractivity contribution in [1.29, 1.82) is 5.26 Å². The lowest BCUT2D eigenvalue weighted by Crippen LogP contribution is -2.00. The van der Waals surface area contributed by atoms with Crippen molar-refractivity contribution in [2.45, 2.75) is 6.92 Å². The van der Waals surface area contributed by atoms with Crippen LogP contribution in [0.25, 0.3) is 33.4 Å². The maximum atomic E-state index is 9.32. The first kappa shape index (κ1) is 16.1. The second-order valence-corrected chi connectivity index (χ2v) is 6.28. The molecular weight excluding hydrogens is 348 g/mol. The predicted octanol–water partition coefficient (Wildman–Crippen LogP) is 4.10. The number of rotatable bonds is 2. The van der Waals surface area contributed by atoms with Crippen LogP contribution in [0.2, 0.25) is 5.02 Å².